The highest BCUT2D eigenvalue weighted by Crippen LogP contribution is 2.23. The van der Waals surface area contributed by atoms with E-state index in [0.29, 0.717) is 12.5 Å². The number of nitrogens with one attached hydrogen (secondary N) is 1. The predicted molar refractivity (Wildman–Crippen MR) is 109 cm³/mol. The number of benzene rings is 1. The SMILES string of the molecule is CCc1c(C(=O)NCCN(C)C)c(CC(C)C)nn1-c1ccc(OC)cc1. The van der Waals surface area contributed by atoms with Crippen LogP contribution in [0, 0.1) is 5.92 Å². The van der Waals surface area contributed by atoms with E-state index in [9.17, 15) is 4.79 Å². The number of methoxy groups -OCH3 is 1. The molecule has 0 spiro atoms. The first-order valence-corrected chi connectivity index (χ1v) is 9.55. The second-order valence-corrected chi connectivity index (χ2v) is 7.39. The number of ether oxygens (including phenoxy) is 1. The Balaban J connectivity index is 2.42. The van der Waals surface area contributed by atoms with E-state index in [-0.39, 0.29) is 5.91 Å². The standard InChI is InChI=1S/C21H32N4O2/c1-7-19-20(21(26)22-12-13-24(4)5)18(14-15(2)3)23-25(19)16-8-10-17(27-6)11-9-16/h8-11,15H,7,12-14H2,1-6H3,(H,22,26). The molecule has 0 unspecified atom stereocenters. The zero-order valence-electron chi connectivity index (χ0n) is 17.4. The van der Waals surface area contributed by atoms with E-state index < -0.39 is 0 Å². The normalized spacial score (nSPS) is 11.3. The van der Waals surface area contributed by atoms with Crippen molar-refractivity contribution in [1.29, 1.82) is 0 Å². The third-order valence-electron chi connectivity index (χ3n) is 4.38. The summed E-state index contributed by atoms with van der Waals surface area (Å²) in [6.07, 6.45) is 1.50. The Hall–Kier alpha value is -2.34. The minimum atomic E-state index is -0.0379. The number of carbonyl (C=O) groups excluding carboxylic acids is 1. The van der Waals surface area contributed by atoms with Crippen LogP contribution in [0.3, 0.4) is 0 Å². The molecule has 2 aromatic rings. The summed E-state index contributed by atoms with van der Waals surface area (Å²) >= 11 is 0. The van der Waals surface area contributed by atoms with Crippen LogP contribution < -0.4 is 10.1 Å². The van der Waals surface area contributed by atoms with Crippen LogP contribution in [0.4, 0.5) is 0 Å². The van der Waals surface area contributed by atoms with Gasteiger partial charge in [-0.1, -0.05) is 20.8 Å². The van der Waals surface area contributed by atoms with Crippen LogP contribution in [0.1, 0.15) is 42.5 Å². The molecule has 6 heteroatoms. The monoisotopic (exact) mass is 372 g/mol. The molecule has 0 saturated carbocycles. The number of rotatable bonds is 9. The third-order valence-corrected chi connectivity index (χ3v) is 4.38. The Bertz CT molecular complexity index is 748. The highest BCUT2D eigenvalue weighted by molar-refractivity contribution is 5.96. The number of carbonyl (C=O) groups is 1. The molecule has 0 saturated heterocycles. The van der Waals surface area contributed by atoms with E-state index in [4.69, 9.17) is 9.84 Å². The molecular formula is C21H32N4O2. The Morgan fingerprint density at radius 1 is 1.26 bits per heavy atom. The molecule has 2 rings (SSSR count). The molecule has 1 N–H and O–H groups in total. The van der Waals surface area contributed by atoms with E-state index in [0.717, 1.165) is 47.8 Å². The van der Waals surface area contributed by atoms with Crippen molar-refractivity contribution in [2.45, 2.75) is 33.6 Å². The maximum absolute atomic E-state index is 13.0. The number of amides is 1. The van der Waals surface area contributed by atoms with Gasteiger partial charge in [0.15, 0.2) is 0 Å². The molecule has 148 valence electrons. The predicted octanol–water partition coefficient (Wildman–Crippen LogP) is 2.93. The second kappa shape index (κ2) is 9.55. The minimum absolute atomic E-state index is 0.0379. The number of aromatic nitrogens is 2. The van der Waals surface area contributed by atoms with Crippen LogP contribution >= 0.6 is 0 Å². The van der Waals surface area contributed by atoms with Crippen molar-refractivity contribution in [2.24, 2.45) is 5.92 Å². The molecular weight excluding hydrogens is 340 g/mol. The molecule has 1 amide bonds. The summed E-state index contributed by atoms with van der Waals surface area (Å²) in [6.45, 7) is 7.77. The molecule has 0 fully saturated rings. The number of nitrogens with zero attached hydrogens (tertiary/aromatic N) is 3. The van der Waals surface area contributed by atoms with Crippen molar-refractivity contribution in [1.82, 2.24) is 20.0 Å². The average Bonchev–Trinajstić information content (AvgIpc) is 2.98. The van der Waals surface area contributed by atoms with Crippen molar-refractivity contribution in [3.8, 4) is 11.4 Å². The van der Waals surface area contributed by atoms with E-state index in [2.05, 4.69) is 31.0 Å². The van der Waals surface area contributed by atoms with Crippen molar-refractivity contribution < 1.29 is 9.53 Å². The Morgan fingerprint density at radius 2 is 1.93 bits per heavy atom. The largest absolute Gasteiger partial charge is 0.497 e. The molecule has 1 aromatic heterocycles. The number of hydrogen-bond acceptors (Lipinski definition) is 4. The van der Waals surface area contributed by atoms with Gasteiger partial charge >= 0.3 is 0 Å². The molecule has 0 bridgehead atoms. The summed E-state index contributed by atoms with van der Waals surface area (Å²) in [5, 5.41) is 7.86. The summed E-state index contributed by atoms with van der Waals surface area (Å²) in [5.74, 6) is 1.18. The van der Waals surface area contributed by atoms with Gasteiger partial charge in [0.05, 0.1) is 29.7 Å². The summed E-state index contributed by atoms with van der Waals surface area (Å²) in [6, 6.07) is 7.76. The maximum Gasteiger partial charge on any atom is 0.255 e. The summed E-state index contributed by atoms with van der Waals surface area (Å²) < 4.78 is 7.15. The van der Waals surface area contributed by atoms with E-state index in [1.54, 1.807) is 7.11 Å². The van der Waals surface area contributed by atoms with Gasteiger partial charge in [-0.05, 0) is 57.1 Å². The van der Waals surface area contributed by atoms with Gasteiger partial charge in [0.25, 0.3) is 5.91 Å². The fourth-order valence-corrected chi connectivity index (χ4v) is 3.04. The first-order valence-electron chi connectivity index (χ1n) is 9.55. The lowest BCUT2D eigenvalue weighted by Crippen LogP contribution is -2.32. The quantitative estimate of drug-likeness (QED) is 0.735. The van der Waals surface area contributed by atoms with Crippen LogP contribution in [0.25, 0.3) is 5.69 Å². The molecule has 0 radical (unpaired) electrons. The van der Waals surface area contributed by atoms with Gasteiger partial charge in [-0.25, -0.2) is 4.68 Å². The van der Waals surface area contributed by atoms with Gasteiger partial charge in [-0.15, -0.1) is 0 Å². The van der Waals surface area contributed by atoms with Gasteiger partial charge in [-0.2, -0.15) is 5.10 Å². The van der Waals surface area contributed by atoms with Gasteiger partial charge in [-0.3, -0.25) is 4.79 Å². The van der Waals surface area contributed by atoms with Gasteiger partial charge in [0.1, 0.15) is 5.75 Å². The topological polar surface area (TPSA) is 59.4 Å². The Kier molecular flexibility index (Phi) is 7.42. The lowest BCUT2D eigenvalue weighted by Gasteiger charge is -2.12. The highest BCUT2D eigenvalue weighted by atomic mass is 16.5. The maximum atomic E-state index is 13.0. The van der Waals surface area contributed by atoms with Crippen LogP contribution in [0.2, 0.25) is 0 Å². The van der Waals surface area contributed by atoms with E-state index >= 15 is 0 Å². The Labute approximate surface area is 162 Å². The van der Waals surface area contributed by atoms with Crippen molar-refractivity contribution in [3.05, 3.63) is 41.2 Å². The lowest BCUT2D eigenvalue weighted by atomic mass is 10.0. The lowest BCUT2D eigenvalue weighted by molar-refractivity contribution is 0.0949. The van der Waals surface area contributed by atoms with Crippen LogP contribution in [-0.2, 0) is 12.8 Å². The summed E-state index contributed by atoms with van der Waals surface area (Å²) in [4.78, 5) is 15.0. The zero-order valence-corrected chi connectivity index (χ0v) is 17.4. The van der Waals surface area contributed by atoms with Gasteiger partial charge in [0.2, 0.25) is 0 Å². The molecule has 27 heavy (non-hydrogen) atoms. The van der Waals surface area contributed by atoms with E-state index in [1.807, 2.05) is 43.0 Å². The van der Waals surface area contributed by atoms with Crippen molar-refractivity contribution >= 4 is 5.91 Å². The molecule has 0 aliphatic rings. The minimum Gasteiger partial charge on any atom is -0.497 e. The first kappa shape index (κ1) is 21.0. The van der Waals surface area contributed by atoms with E-state index in [1.165, 1.54) is 0 Å². The summed E-state index contributed by atoms with van der Waals surface area (Å²) in [5.41, 5.74) is 3.46. The van der Waals surface area contributed by atoms with Crippen LogP contribution in [-0.4, -0.2) is 54.9 Å². The number of likely N-dealkylation sites (N-methyl/N-ethyl adjacent to an activating group) is 1. The second-order valence-electron chi connectivity index (χ2n) is 7.39. The van der Waals surface area contributed by atoms with Gasteiger partial charge in [0, 0.05) is 13.1 Å². The van der Waals surface area contributed by atoms with Gasteiger partial charge < -0.3 is 15.0 Å². The fraction of sp³-hybridized carbons (Fsp3) is 0.524. The molecule has 0 aliphatic heterocycles. The molecule has 1 aromatic carbocycles. The average molecular weight is 373 g/mol. The molecule has 6 nitrogen and oxygen atoms in total. The molecule has 1 heterocycles. The molecule has 0 aliphatic carbocycles. The van der Waals surface area contributed by atoms with Crippen LogP contribution in [0.5, 0.6) is 5.75 Å². The Morgan fingerprint density at radius 3 is 2.44 bits per heavy atom. The van der Waals surface area contributed by atoms with Crippen molar-refractivity contribution in [3.63, 3.8) is 0 Å². The number of hydrogen-bond donors (Lipinski definition) is 1. The summed E-state index contributed by atoms with van der Waals surface area (Å²) in [7, 11) is 5.64. The smallest absolute Gasteiger partial charge is 0.255 e. The van der Waals surface area contributed by atoms with Crippen molar-refractivity contribution in [2.75, 3.05) is 34.3 Å². The van der Waals surface area contributed by atoms with Crippen LogP contribution in [0.15, 0.2) is 24.3 Å². The fourth-order valence-electron chi connectivity index (χ4n) is 3.04. The highest BCUT2D eigenvalue weighted by Gasteiger charge is 2.23. The zero-order chi connectivity index (χ0) is 20.0. The first-order chi connectivity index (χ1) is 12.9. The third kappa shape index (κ3) is 5.32. The molecule has 0 atom stereocenters.